The number of H-pyrrole nitrogens is 1. The van der Waals surface area contributed by atoms with Crippen LogP contribution in [0.3, 0.4) is 0 Å². The van der Waals surface area contributed by atoms with E-state index in [-0.39, 0.29) is 6.04 Å². The van der Waals surface area contributed by atoms with Crippen molar-refractivity contribution in [2.45, 2.75) is 26.8 Å². The molecule has 0 aliphatic carbocycles. The molecular weight excluding hydrogens is 204 g/mol. The molecule has 0 aromatic carbocycles. The van der Waals surface area contributed by atoms with E-state index >= 15 is 0 Å². The lowest BCUT2D eigenvalue weighted by atomic mass is 10.2. The largest absolute Gasteiger partial charge is 0.338 e. The van der Waals surface area contributed by atoms with Crippen LogP contribution in [0.5, 0.6) is 0 Å². The molecule has 0 fully saturated rings. The summed E-state index contributed by atoms with van der Waals surface area (Å²) in [4.78, 5) is 15.0. The number of hydrogen-bond donors (Lipinski definition) is 1. The molecule has 1 N–H and O–H groups in total. The van der Waals surface area contributed by atoms with Gasteiger partial charge < -0.3 is 4.57 Å². The molecule has 2 aromatic heterocycles. The third-order valence-corrected chi connectivity index (χ3v) is 2.87. The van der Waals surface area contributed by atoms with Gasteiger partial charge in [0.1, 0.15) is 12.2 Å². The zero-order chi connectivity index (χ0) is 11.7. The van der Waals surface area contributed by atoms with Crippen molar-refractivity contribution >= 4 is 6.29 Å². The van der Waals surface area contributed by atoms with Crippen molar-refractivity contribution in [3.63, 3.8) is 0 Å². The van der Waals surface area contributed by atoms with Gasteiger partial charge in [-0.25, -0.2) is 4.98 Å². The second kappa shape index (κ2) is 3.92. The number of aromatic amines is 1. The monoisotopic (exact) mass is 218 g/mol. The summed E-state index contributed by atoms with van der Waals surface area (Å²) in [5.41, 5.74) is 2.73. The molecule has 0 radical (unpaired) electrons. The first-order chi connectivity index (χ1) is 7.65. The van der Waals surface area contributed by atoms with E-state index in [9.17, 15) is 4.79 Å². The van der Waals surface area contributed by atoms with Crippen LogP contribution < -0.4 is 0 Å². The van der Waals surface area contributed by atoms with Gasteiger partial charge in [-0.3, -0.25) is 9.89 Å². The summed E-state index contributed by atoms with van der Waals surface area (Å²) in [6.07, 6.45) is 2.37. The van der Waals surface area contributed by atoms with Gasteiger partial charge in [-0.2, -0.15) is 5.10 Å². The minimum Gasteiger partial charge on any atom is -0.338 e. The van der Waals surface area contributed by atoms with E-state index in [0.29, 0.717) is 0 Å². The van der Waals surface area contributed by atoms with Gasteiger partial charge in [0, 0.05) is 17.0 Å². The SMILES string of the molecule is Cc1cc(C=O)c(C)n1C(C)c1ncn[nH]1. The second-order valence-corrected chi connectivity index (χ2v) is 3.86. The lowest BCUT2D eigenvalue weighted by Gasteiger charge is -2.15. The molecule has 0 amide bonds. The quantitative estimate of drug-likeness (QED) is 0.796. The van der Waals surface area contributed by atoms with E-state index in [1.54, 1.807) is 0 Å². The van der Waals surface area contributed by atoms with Gasteiger partial charge in [0.25, 0.3) is 0 Å². The zero-order valence-corrected chi connectivity index (χ0v) is 9.56. The van der Waals surface area contributed by atoms with Crippen LogP contribution in [0.4, 0.5) is 0 Å². The van der Waals surface area contributed by atoms with E-state index in [2.05, 4.69) is 19.7 Å². The summed E-state index contributed by atoms with van der Waals surface area (Å²) in [6.45, 7) is 5.94. The number of nitrogens with one attached hydrogen (secondary N) is 1. The minimum absolute atomic E-state index is 0.0520. The van der Waals surface area contributed by atoms with Gasteiger partial charge in [-0.15, -0.1) is 0 Å². The van der Waals surface area contributed by atoms with E-state index in [0.717, 1.165) is 29.1 Å². The molecular formula is C11H14N4O. The fourth-order valence-electron chi connectivity index (χ4n) is 2.06. The third-order valence-electron chi connectivity index (χ3n) is 2.87. The zero-order valence-electron chi connectivity index (χ0n) is 9.56. The Bertz CT molecular complexity index is 498. The number of carbonyl (C=O) groups excluding carboxylic acids is 1. The van der Waals surface area contributed by atoms with Crippen molar-refractivity contribution in [1.82, 2.24) is 19.7 Å². The lowest BCUT2D eigenvalue weighted by molar-refractivity contribution is 0.112. The average molecular weight is 218 g/mol. The molecule has 1 unspecified atom stereocenters. The Labute approximate surface area is 93.5 Å². The van der Waals surface area contributed by atoms with Gasteiger partial charge >= 0.3 is 0 Å². The number of carbonyl (C=O) groups is 1. The maximum absolute atomic E-state index is 10.9. The van der Waals surface area contributed by atoms with Crippen LogP contribution in [0, 0.1) is 13.8 Å². The third kappa shape index (κ3) is 1.54. The Hall–Kier alpha value is -1.91. The summed E-state index contributed by atoms with van der Waals surface area (Å²) in [5.74, 6) is 0.791. The van der Waals surface area contributed by atoms with Crippen molar-refractivity contribution in [2.75, 3.05) is 0 Å². The van der Waals surface area contributed by atoms with Crippen molar-refractivity contribution in [3.8, 4) is 0 Å². The minimum atomic E-state index is 0.0520. The van der Waals surface area contributed by atoms with Crippen molar-refractivity contribution in [2.24, 2.45) is 0 Å². The Morgan fingerprint density at radius 2 is 2.25 bits per heavy atom. The van der Waals surface area contributed by atoms with Crippen molar-refractivity contribution < 1.29 is 4.79 Å². The highest BCUT2D eigenvalue weighted by Gasteiger charge is 2.16. The number of nitrogens with zero attached hydrogens (tertiary/aromatic N) is 3. The lowest BCUT2D eigenvalue weighted by Crippen LogP contribution is -2.12. The van der Waals surface area contributed by atoms with Gasteiger partial charge in [0.2, 0.25) is 0 Å². The Morgan fingerprint density at radius 3 is 2.75 bits per heavy atom. The molecule has 84 valence electrons. The van der Waals surface area contributed by atoms with Crippen LogP contribution in [0.2, 0.25) is 0 Å². The predicted molar refractivity (Wildman–Crippen MR) is 59.5 cm³/mol. The first-order valence-electron chi connectivity index (χ1n) is 5.14. The number of aryl methyl sites for hydroxylation is 1. The summed E-state index contributed by atoms with van der Waals surface area (Å²) >= 11 is 0. The molecule has 5 heteroatoms. The van der Waals surface area contributed by atoms with Crippen LogP contribution in [0.1, 0.15) is 40.5 Å². The van der Waals surface area contributed by atoms with Crippen molar-refractivity contribution in [1.29, 1.82) is 0 Å². The van der Waals surface area contributed by atoms with E-state index < -0.39 is 0 Å². The van der Waals surface area contributed by atoms with Crippen molar-refractivity contribution in [3.05, 3.63) is 35.2 Å². The van der Waals surface area contributed by atoms with Gasteiger partial charge in [0.05, 0.1) is 6.04 Å². The molecule has 2 aromatic rings. The Balaban J connectivity index is 2.48. The topological polar surface area (TPSA) is 63.6 Å². The van der Waals surface area contributed by atoms with Gasteiger partial charge in [-0.05, 0) is 26.8 Å². The van der Waals surface area contributed by atoms with E-state index in [1.165, 1.54) is 6.33 Å². The molecule has 0 saturated heterocycles. The summed E-state index contributed by atoms with van der Waals surface area (Å²) in [6, 6.07) is 1.94. The molecule has 2 rings (SSSR count). The van der Waals surface area contributed by atoms with Crippen LogP contribution in [-0.2, 0) is 0 Å². The van der Waals surface area contributed by atoms with Gasteiger partial charge in [-0.1, -0.05) is 0 Å². The normalized spacial score (nSPS) is 12.7. The molecule has 2 heterocycles. The van der Waals surface area contributed by atoms with E-state index in [4.69, 9.17) is 0 Å². The Kier molecular flexibility index (Phi) is 2.60. The van der Waals surface area contributed by atoms with Crippen LogP contribution >= 0.6 is 0 Å². The first-order valence-corrected chi connectivity index (χ1v) is 5.14. The van der Waals surface area contributed by atoms with Crippen LogP contribution in [0.15, 0.2) is 12.4 Å². The summed E-state index contributed by atoms with van der Waals surface area (Å²) in [5, 5.41) is 6.68. The smallest absolute Gasteiger partial charge is 0.151 e. The molecule has 16 heavy (non-hydrogen) atoms. The molecule has 5 nitrogen and oxygen atoms in total. The van der Waals surface area contributed by atoms with E-state index in [1.807, 2.05) is 26.8 Å². The predicted octanol–water partition coefficient (Wildman–Crippen LogP) is 1.64. The second-order valence-electron chi connectivity index (χ2n) is 3.86. The summed E-state index contributed by atoms with van der Waals surface area (Å²) < 4.78 is 2.07. The number of hydrogen-bond acceptors (Lipinski definition) is 3. The molecule has 1 atom stereocenters. The average Bonchev–Trinajstić information content (AvgIpc) is 2.86. The van der Waals surface area contributed by atoms with Crippen LogP contribution in [0.25, 0.3) is 0 Å². The highest BCUT2D eigenvalue weighted by atomic mass is 16.1. The number of aromatic nitrogens is 4. The standard InChI is InChI=1S/C11H14N4O/c1-7-4-10(5-16)8(2)15(7)9(3)11-12-6-13-14-11/h4-6,9H,1-3H3,(H,12,13,14). The highest BCUT2D eigenvalue weighted by Crippen LogP contribution is 2.22. The highest BCUT2D eigenvalue weighted by molar-refractivity contribution is 5.77. The number of rotatable bonds is 3. The molecule has 0 spiro atoms. The molecule has 0 aliphatic heterocycles. The summed E-state index contributed by atoms with van der Waals surface area (Å²) in [7, 11) is 0. The maximum Gasteiger partial charge on any atom is 0.151 e. The fourth-order valence-corrected chi connectivity index (χ4v) is 2.06. The number of aldehydes is 1. The van der Waals surface area contributed by atoms with Crippen LogP contribution in [-0.4, -0.2) is 26.0 Å². The Morgan fingerprint density at radius 1 is 1.50 bits per heavy atom. The fraction of sp³-hybridized carbons (Fsp3) is 0.364. The molecule has 0 saturated carbocycles. The van der Waals surface area contributed by atoms with Gasteiger partial charge in [0.15, 0.2) is 6.29 Å². The maximum atomic E-state index is 10.9. The first kappa shape index (κ1) is 10.6. The molecule has 0 aliphatic rings. The molecule has 0 bridgehead atoms.